The molecule has 0 N–H and O–H groups in total. The Labute approximate surface area is 146 Å². The molecule has 2 nitrogen and oxygen atoms in total. The lowest BCUT2D eigenvalue weighted by Gasteiger charge is -2.49. The lowest BCUT2D eigenvalue weighted by atomic mass is 9.88. The second kappa shape index (κ2) is 6.01. The summed E-state index contributed by atoms with van der Waals surface area (Å²) < 4.78 is 0. The first-order valence-electron chi connectivity index (χ1n) is 8.77. The van der Waals surface area contributed by atoms with Crippen LogP contribution in [0.2, 0.25) is 0 Å². The Morgan fingerprint density at radius 1 is 1.00 bits per heavy atom. The minimum absolute atomic E-state index is 0.0838. The molecule has 1 aliphatic rings. The number of fused-ring (bicyclic) bond motifs is 1. The van der Waals surface area contributed by atoms with Crippen molar-refractivity contribution in [2.45, 2.75) is 39.2 Å². The van der Waals surface area contributed by atoms with Crippen molar-refractivity contribution in [3.8, 4) is 11.1 Å². The topological polar surface area (TPSA) is 6.48 Å². The molecule has 1 aliphatic heterocycles. The summed E-state index contributed by atoms with van der Waals surface area (Å²) in [4.78, 5) is 4.66. The van der Waals surface area contributed by atoms with Crippen molar-refractivity contribution >= 4 is 11.4 Å². The smallest absolute Gasteiger partial charge is 0.0739 e. The predicted molar refractivity (Wildman–Crippen MR) is 106 cm³/mol. The average Bonchev–Trinajstić information content (AvgIpc) is 2.59. The predicted octanol–water partition coefficient (Wildman–Crippen LogP) is 5.48. The van der Waals surface area contributed by atoms with Crippen LogP contribution in [0.4, 0.5) is 11.4 Å². The molecule has 0 saturated carbocycles. The van der Waals surface area contributed by atoms with Gasteiger partial charge < -0.3 is 9.80 Å². The summed E-state index contributed by atoms with van der Waals surface area (Å²) in [7, 11) is 4.33. The molecule has 0 fully saturated rings. The van der Waals surface area contributed by atoms with Crippen LogP contribution in [-0.4, -0.2) is 19.6 Å². The highest BCUT2D eigenvalue weighted by molar-refractivity contribution is 5.87. The molecular formula is C22H28N2. The van der Waals surface area contributed by atoms with Gasteiger partial charge in [-0.3, -0.25) is 0 Å². The lowest BCUT2D eigenvalue weighted by Crippen LogP contribution is -2.51. The molecule has 0 unspecified atom stereocenters. The number of anilines is 2. The maximum atomic E-state index is 4.39. The average molecular weight is 320 g/mol. The molecule has 24 heavy (non-hydrogen) atoms. The first kappa shape index (κ1) is 16.6. The fourth-order valence-corrected chi connectivity index (χ4v) is 3.70. The molecule has 0 spiro atoms. The van der Waals surface area contributed by atoms with Crippen molar-refractivity contribution in [1.29, 1.82) is 0 Å². The number of likely N-dealkylation sites (N-methyl/N-ethyl adjacent to an activating group) is 2. The molecule has 0 radical (unpaired) electrons. The highest BCUT2D eigenvalue weighted by atomic mass is 15.3. The Bertz CT molecular complexity index is 759. The van der Waals surface area contributed by atoms with Gasteiger partial charge in [0.1, 0.15) is 0 Å². The van der Waals surface area contributed by atoms with E-state index >= 15 is 0 Å². The summed E-state index contributed by atoms with van der Waals surface area (Å²) >= 11 is 0. The summed E-state index contributed by atoms with van der Waals surface area (Å²) in [6.07, 6.45) is 2.20. The molecule has 0 atom stereocenters. The van der Waals surface area contributed by atoms with Crippen molar-refractivity contribution in [3.05, 3.63) is 60.3 Å². The summed E-state index contributed by atoms with van der Waals surface area (Å²) in [5, 5.41) is 0. The first-order valence-corrected chi connectivity index (χ1v) is 8.77. The highest BCUT2D eigenvalue weighted by Gasteiger charge is 2.38. The molecule has 3 rings (SSSR count). The van der Waals surface area contributed by atoms with Gasteiger partial charge in [0.05, 0.1) is 16.9 Å². The van der Waals surface area contributed by atoms with E-state index in [0.29, 0.717) is 0 Å². The van der Waals surface area contributed by atoms with E-state index in [4.69, 9.17) is 0 Å². The third-order valence-electron chi connectivity index (χ3n) is 5.49. The van der Waals surface area contributed by atoms with Gasteiger partial charge in [-0.2, -0.15) is 0 Å². The van der Waals surface area contributed by atoms with Gasteiger partial charge in [-0.1, -0.05) is 56.3 Å². The van der Waals surface area contributed by atoms with Crippen LogP contribution in [-0.2, 0) is 6.42 Å². The van der Waals surface area contributed by atoms with Crippen LogP contribution in [0.5, 0.6) is 0 Å². The standard InChI is InChI=1S/C22H28N2/c1-7-11-19-18(17-12-9-8-10-13-17)14-15-20-21(19)23(5)16(2)22(3,4)24(20)6/h8-10,12-15H,2,7,11H2,1,3-6H3. The Morgan fingerprint density at radius 2 is 1.67 bits per heavy atom. The van der Waals surface area contributed by atoms with Crippen LogP contribution >= 0.6 is 0 Å². The highest BCUT2D eigenvalue weighted by Crippen LogP contribution is 2.47. The van der Waals surface area contributed by atoms with E-state index in [9.17, 15) is 0 Å². The summed E-state index contributed by atoms with van der Waals surface area (Å²) in [5.74, 6) is 0. The molecule has 1 heterocycles. The SMILES string of the molecule is C=C1N(C)c2c(ccc(-c3ccccc3)c2CCC)N(C)C1(C)C. The second-order valence-corrected chi connectivity index (χ2v) is 7.20. The molecule has 0 aliphatic carbocycles. The van der Waals surface area contributed by atoms with E-state index in [1.54, 1.807) is 0 Å². The van der Waals surface area contributed by atoms with Crippen molar-refractivity contribution in [2.24, 2.45) is 0 Å². The summed E-state index contributed by atoms with van der Waals surface area (Å²) in [5.41, 5.74) is 7.70. The minimum Gasteiger partial charge on any atom is -0.362 e. The van der Waals surface area contributed by atoms with Crippen molar-refractivity contribution in [3.63, 3.8) is 0 Å². The molecule has 2 aromatic rings. The van der Waals surface area contributed by atoms with Gasteiger partial charge in [-0.05, 0) is 43.0 Å². The third-order valence-corrected chi connectivity index (χ3v) is 5.49. The first-order chi connectivity index (χ1) is 11.4. The molecular weight excluding hydrogens is 292 g/mol. The Kier molecular flexibility index (Phi) is 4.16. The largest absolute Gasteiger partial charge is 0.362 e. The van der Waals surface area contributed by atoms with Gasteiger partial charge in [-0.15, -0.1) is 0 Å². The van der Waals surface area contributed by atoms with E-state index in [2.05, 4.69) is 93.7 Å². The van der Waals surface area contributed by atoms with E-state index in [-0.39, 0.29) is 5.54 Å². The van der Waals surface area contributed by atoms with Crippen LogP contribution in [0.15, 0.2) is 54.7 Å². The van der Waals surface area contributed by atoms with Gasteiger partial charge in [0.2, 0.25) is 0 Å². The quantitative estimate of drug-likeness (QED) is 0.738. The normalized spacial score (nSPS) is 16.3. The Morgan fingerprint density at radius 3 is 2.29 bits per heavy atom. The molecule has 2 aromatic carbocycles. The van der Waals surface area contributed by atoms with E-state index in [1.165, 1.54) is 28.1 Å². The van der Waals surface area contributed by atoms with Crippen LogP contribution < -0.4 is 9.80 Å². The van der Waals surface area contributed by atoms with Crippen LogP contribution in [0.1, 0.15) is 32.8 Å². The zero-order valence-corrected chi connectivity index (χ0v) is 15.6. The number of benzene rings is 2. The van der Waals surface area contributed by atoms with Crippen LogP contribution in [0.3, 0.4) is 0 Å². The van der Waals surface area contributed by atoms with Gasteiger partial charge in [0.15, 0.2) is 0 Å². The maximum absolute atomic E-state index is 4.39. The monoisotopic (exact) mass is 320 g/mol. The number of hydrogen-bond donors (Lipinski definition) is 0. The molecule has 0 amide bonds. The van der Waals surface area contributed by atoms with Gasteiger partial charge in [0.25, 0.3) is 0 Å². The zero-order chi connectivity index (χ0) is 17.5. The van der Waals surface area contributed by atoms with Gasteiger partial charge in [-0.25, -0.2) is 0 Å². The van der Waals surface area contributed by atoms with Crippen molar-refractivity contribution in [2.75, 3.05) is 23.9 Å². The Balaban J connectivity index is 2.27. The minimum atomic E-state index is -0.0838. The van der Waals surface area contributed by atoms with Crippen molar-refractivity contribution in [1.82, 2.24) is 0 Å². The fourth-order valence-electron chi connectivity index (χ4n) is 3.70. The lowest BCUT2D eigenvalue weighted by molar-refractivity contribution is 0.540. The number of nitrogens with zero attached hydrogens (tertiary/aromatic N) is 2. The molecule has 0 aromatic heterocycles. The summed E-state index contributed by atoms with van der Waals surface area (Å²) in [6, 6.07) is 15.3. The van der Waals surface area contributed by atoms with Crippen LogP contribution in [0.25, 0.3) is 11.1 Å². The maximum Gasteiger partial charge on any atom is 0.0739 e. The van der Waals surface area contributed by atoms with Gasteiger partial charge in [0, 0.05) is 19.8 Å². The molecule has 0 saturated heterocycles. The Hall–Kier alpha value is -2.22. The second-order valence-electron chi connectivity index (χ2n) is 7.20. The van der Waals surface area contributed by atoms with Crippen LogP contribution in [0, 0.1) is 0 Å². The molecule has 126 valence electrons. The van der Waals surface area contributed by atoms with Gasteiger partial charge >= 0.3 is 0 Å². The van der Waals surface area contributed by atoms with Crippen molar-refractivity contribution < 1.29 is 0 Å². The molecule has 2 heteroatoms. The van der Waals surface area contributed by atoms with E-state index in [1.807, 2.05) is 0 Å². The fraction of sp³-hybridized carbons (Fsp3) is 0.364. The van der Waals surface area contributed by atoms with E-state index < -0.39 is 0 Å². The summed E-state index contributed by atoms with van der Waals surface area (Å²) in [6.45, 7) is 11.1. The number of hydrogen-bond acceptors (Lipinski definition) is 2. The van der Waals surface area contributed by atoms with E-state index in [0.717, 1.165) is 18.5 Å². The third kappa shape index (κ3) is 2.41. The molecule has 0 bridgehead atoms. The number of rotatable bonds is 3. The zero-order valence-electron chi connectivity index (χ0n) is 15.6.